The summed E-state index contributed by atoms with van der Waals surface area (Å²) < 4.78 is 5.45. The molecule has 0 aromatic heterocycles. The Morgan fingerprint density at radius 1 is 1.22 bits per heavy atom. The standard InChI is InChI=1S/C14H29N3O/c1-4-10-16-13(15-5-2)17-12-14(7-8-14)9-11-18-6-3/h4-12H2,1-3H3,(H2,15,16,17). The molecule has 2 N–H and O–H groups in total. The average molecular weight is 255 g/mol. The minimum Gasteiger partial charge on any atom is -0.382 e. The molecule has 0 amide bonds. The third kappa shape index (κ3) is 5.71. The molecule has 0 heterocycles. The molecule has 1 aliphatic rings. The first-order valence-electron chi connectivity index (χ1n) is 7.36. The maximum Gasteiger partial charge on any atom is 0.191 e. The van der Waals surface area contributed by atoms with Gasteiger partial charge >= 0.3 is 0 Å². The molecule has 4 heteroatoms. The minimum atomic E-state index is 0.434. The molecule has 1 rings (SSSR count). The molecule has 0 aromatic rings. The Hall–Kier alpha value is -0.770. The van der Waals surface area contributed by atoms with E-state index in [-0.39, 0.29) is 0 Å². The number of nitrogens with one attached hydrogen (secondary N) is 2. The first-order valence-corrected chi connectivity index (χ1v) is 7.36. The van der Waals surface area contributed by atoms with Crippen molar-refractivity contribution < 1.29 is 4.74 Å². The van der Waals surface area contributed by atoms with Crippen LogP contribution in [-0.4, -0.2) is 38.8 Å². The van der Waals surface area contributed by atoms with E-state index in [9.17, 15) is 0 Å². The van der Waals surface area contributed by atoms with Gasteiger partial charge in [-0.15, -0.1) is 0 Å². The van der Waals surface area contributed by atoms with Crippen molar-refractivity contribution in [3.8, 4) is 0 Å². The summed E-state index contributed by atoms with van der Waals surface area (Å²) in [6.45, 7) is 10.9. The third-order valence-corrected chi connectivity index (χ3v) is 3.40. The van der Waals surface area contributed by atoms with Crippen LogP contribution in [0.3, 0.4) is 0 Å². The van der Waals surface area contributed by atoms with Crippen LogP contribution in [0.5, 0.6) is 0 Å². The Balaban J connectivity index is 2.33. The van der Waals surface area contributed by atoms with Gasteiger partial charge in [0.2, 0.25) is 0 Å². The van der Waals surface area contributed by atoms with Crippen LogP contribution in [0.1, 0.15) is 46.5 Å². The molecule has 0 atom stereocenters. The Morgan fingerprint density at radius 2 is 2.00 bits per heavy atom. The first kappa shape index (κ1) is 15.3. The quantitative estimate of drug-likeness (QED) is 0.377. The van der Waals surface area contributed by atoms with E-state index < -0.39 is 0 Å². The lowest BCUT2D eigenvalue weighted by atomic mass is 10.0. The molecule has 18 heavy (non-hydrogen) atoms. The Kier molecular flexibility index (Phi) is 7.09. The number of aliphatic imine (C=N–C) groups is 1. The van der Waals surface area contributed by atoms with Crippen LogP contribution in [0.4, 0.5) is 0 Å². The van der Waals surface area contributed by atoms with E-state index in [1.165, 1.54) is 12.8 Å². The molecule has 0 spiro atoms. The minimum absolute atomic E-state index is 0.434. The summed E-state index contributed by atoms with van der Waals surface area (Å²) in [6, 6.07) is 0. The van der Waals surface area contributed by atoms with E-state index in [0.717, 1.165) is 51.6 Å². The molecule has 4 nitrogen and oxygen atoms in total. The van der Waals surface area contributed by atoms with Crippen LogP contribution in [0.2, 0.25) is 0 Å². The van der Waals surface area contributed by atoms with Gasteiger partial charge in [-0.3, -0.25) is 4.99 Å². The highest BCUT2D eigenvalue weighted by atomic mass is 16.5. The fourth-order valence-corrected chi connectivity index (χ4v) is 1.93. The molecule has 0 unspecified atom stereocenters. The van der Waals surface area contributed by atoms with Crippen molar-refractivity contribution in [3.63, 3.8) is 0 Å². The van der Waals surface area contributed by atoms with Crippen molar-refractivity contribution in [2.45, 2.75) is 46.5 Å². The molecule has 106 valence electrons. The van der Waals surface area contributed by atoms with Crippen LogP contribution in [-0.2, 0) is 4.74 Å². The van der Waals surface area contributed by atoms with Crippen molar-refractivity contribution in [2.24, 2.45) is 10.4 Å². The average Bonchev–Trinajstić information content (AvgIpc) is 3.14. The highest BCUT2D eigenvalue weighted by molar-refractivity contribution is 5.79. The number of rotatable bonds is 9. The van der Waals surface area contributed by atoms with Gasteiger partial charge in [0.15, 0.2) is 5.96 Å². The van der Waals surface area contributed by atoms with Gasteiger partial charge in [0.1, 0.15) is 0 Å². The van der Waals surface area contributed by atoms with Gasteiger partial charge < -0.3 is 15.4 Å². The maximum atomic E-state index is 5.45. The van der Waals surface area contributed by atoms with Crippen LogP contribution in [0, 0.1) is 5.41 Å². The second-order valence-corrected chi connectivity index (χ2v) is 5.07. The maximum absolute atomic E-state index is 5.45. The summed E-state index contributed by atoms with van der Waals surface area (Å²) in [5.41, 5.74) is 0.434. The van der Waals surface area contributed by atoms with Gasteiger partial charge in [-0.05, 0) is 44.9 Å². The van der Waals surface area contributed by atoms with Gasteiger partial charge in [-0.1, -0.05) is 6.92 Å². The molecular formula is C14H29N3O. The smallest absolute Gasteiger partial charge is 0.191 e. The van der Waals surface area contributed by atoms with Gasteiger partial charge in [-0.25, -0.2) is 0 Å². The van der Waals surface area contributed by atoms with Crippen molar-refractivity contribution in [1.82, 2.24) is 10.6 Å². The lowest BCUT2D eigenvalue weighted by Gasteiger charge is -2.15. The fraction of sp³-hybridized carbons (Fsp3) is 0.929. The van der Waals surface area contributed by atoms with E-state index in [1.807, 2.05) is 0 Å². The van der Waals surface area contributed by atoms with Crippen molar-refractivity contribution in [2.75, 3.05) is 32.8 Å². The summed E-state index contributed by atoms with van der Waals surface area (Å²) in [5, 5.41) is 6.64. The molecule has 1 aliphatic carbocycles. The summed E-state index contributed by atoms with van der Waals surface area (Å²) >= 11 is 0. The lowest BCUT2D eigenvalue weighted by Crippen LogP contribution is -2.38. The molecule has 0 aromatic carbocycles. The van der Waals surface area contributed by atoms with E-state index in [0.29, 0.717) is 5.41 Å². The number of hydrogen-bond acceptors (Lipinski definition) is 2. The van der Waals surface area contributed by atoms with Crippen LogP contribution >= 0.6 is 0 Å². The van der Waals surface area contributed by atoms with E-state index in [2.05, 4.69) is 31.4 Å². The number of hydrogen-bond donors (Lipinski definition) is 2. The normalized spacial score (nSPS) is 17.6. The van der Waals surface area contributed by atoms with Crippen LogP contribution in [0.25, 0.3) is 0 Å². The van der Waals surface area contributed by atoms with Crippen molar-refractivity contribution in [3.05, 3.63) is 0 Å². The molecule has 1 saturated carbocycles. The Bertz CT molecular complexity index is 249. The summed E-state index contributed by atoms with van der Waals surface area (Å²) in [7, 11) is 0. The molecule has 1 fully saturated rings. The lowest BCUT2D eigenvalue weighted by molar-refractivity contribution is 0.129. The SMILES string of the molecule is CCCNC(=NCC1(CCOCC)CC1)NCC. The number of guanidine groups is 1. The van der Waals surface area contributed by atoms with E-state index >= 15 is 0 Å². The summed E-state index contributed by atoms with van der Waals surface area (Å²) in [4.78, 5) is 4.70. The monoisotopic (exact) mass is 255 g/mol. The zero-order valence-corrected chi connectivity index (χ0v) is 12.2. The number of ether oxygens (including phenoxy) is 1. The van der Waals surface area contributed by atoms with Crippen LogP contribution in [0.15, 0.2) is 4.99 Å². The van der Waals surface area contributed by atoms with Gasteiger partial charge in [0.05, 0.1) is 0 Å². The van der Waals surface area contributed by atoms with Crippen molar-refractivity contribution in [1.29, 1.82) is 0 Å². The first-order chi connectivity index (χ1) is 8.76. The molecule has 0 aliphatic heterocycles. The van der Waals surface area contributed by atoms with Gasteiger partial charge in [-0.2, -0.15) is 0 Å². The predicted octanol–water partition coefficient (Wildman–Crippen LogP) is 2.16. The van der Waals surface area contributed by atoms with Gasteiger partial charge in [0, 0.05) is 32.8 Å². The van der Waals surface area contributed by atoms with Crippen molar-refractivity contribution >= 4 is 5.96 Å². The highest BCUT2D eigenvalue weighted by Crippen LogP contribution is 2.48. The largest absolute Gasteiger partial charge is 0.382 e. The highest BCUT2D eigenvalue weighted by Gasteiger charge is 2.41. The predicted molar refractivity (Wildman–Crippen MR) is 77.0 cm³/mol. The molecule has 0 bridgehead atoms. The number of nitrogens with zero attached hydrogens (tertiary/aromatic N) is 1. The Labute approximate surface area is 112 Å². The zero-order chi connectivity index (χ0) is 13.3. The van der Waals surface area contributed by atoms with Gasteiger partial charge in [0.25, 0.3) is 0 Å². The molecular weight excluding hydrogens is 226 g/mol. The third-order valence-electron chi connectivity index (χ3n) is 3.40. The van der Waals surface area contributed by atoms with E-state index in [1.54, 1.807) is 0 Å². The second kappa shape index (κ2) is 8.35. The summed E-state index contributed by atoms with van der Waals surface area (Å²) in [5.74, 6) is 0.960. The van der Waals surface area contributed by atoms with E-state index in [4.69, 9.17) is 9.73 Å². The summed E-state index contributed by atoms with van der Waals surface area (Å²) in [6.07, 6.45) is 4.88. The topological polar surface area (TPSA) is 45.7 Å². The zero-order valence-electron chi connectivity index (χ0n) is 12.2. The molecule has 0 radical (unpaired) electrons. The fourth-order valence-electron chi connectivity index (χ4n) is 1.93. The van der Waals surface area contributed by atoms with Crippen LogP contribution < -0.4 is 10.6 Å². The second-order valence-electron chi connectivity index (χ2n) is 5.07. The molecule has 0 saturated heterocycles. The Morgan fingerprint density at radius 3 is 2.56 bits per heavy atom.